The van der Waals surface area contributed by atoms with Gasteiger partial charge in [-0.2, -0.15) is 0 Å². The Balaban J connectivity index is 1.22. The Labute approximate surface area is 247 Å². The lowest BCUT2D eigenvalue weighted by molar-refractivity contribution is -0.257. The second-order valence-electron chi connectivity index (χ2n) is 10.6. The highest BCUT2D eigenvalue weighted by Crippen LogP contribution is 2.30. The van der Waals surface area contributed by atoms with Gasteiger partial charge >= 0.3 is 0 Å². The molecule has 5 heteroatoms. The maximum Gasteiger partial charge on any atom is 0.202 e. The van der Waals surface area contributed by atoms with Crippen LogP contribution < -0.4 is 4.74 Å². The minimum atomic E-state index is -0.520. The van der Waals surface area contributed by atoms with Gasteiger partial charge in [-0.25, -0.2) is 0 Å². The van der Waals surface area contributed by atoms with Crippen LogP contribution in [0, 0.1) is 0 Å². The third-order valence-corrected chi connectivity index (χ3v) is 7.46. The molecular formula is C37H36O5. The summed E-state index contributed by atoms with van der Waals surface area (Å²) in [5, 5.41) is 2.29. The molecule has 0 saturated carbocycles. The van der Waals surface area contributed by atoms with E-state index < -0.39 is 12.4 Å². The number of ether oxygens (including phenoxy) is 5. The number of benzene rings is 5. The highest BCUT2D eigenvalue weighted by molar-refractivity contribution is 5.83. The van der Waals surface area contributed by atoms with Crippen LogP contribution in [0.25, 0.3) is 10.8 Å². The molecule has 1 fully saturated rings. The van der Waals surface area contributed by atoms with Crippen molar-refractivity contribution in [3.63, 3.8) is 0 Å². The first kappa shape index (κ1) is 28.1. The van der Waals surface area contributed by atoms with Gasteiger partial charge in [0.25, 0.3) is 0 Å². The summed E-state index contributed by atoms with van der Waals surface area (Å²) in [6.45, 7) is 1.75. The standard InChI is InChI=1S/C37H36O5/c1-4-12-28(13-5-1)24-38-27-35-37(40-26-30-16-8-3-9-17-30)34(39-25-29-14-6-2-7-15-29)23-36(42-35)41-33-21-20-31-18-10-11-19-32(31)22-33/h1-22,34-37H,23-27H2/t34-,35-,36+,37+/m1/s1. The van der Waals surface area contributed by atoms with Crippen LogP contribution in [0.3, 0.4) is 0 Å². The van der Waals surface area contributed by atoms with E-state index in [4.69, 9.17) is 23.7 Å². The molecule has 1 aliphatic rings. The van der Waals surface area contributed by atoms with Crippen molar-refractivity contribution < 1.29 is 23.7 Å². The highest BCUT2D eigenvalue weighted by atomic mass is 16.7. The minimum Gasteiger partial charge on any atom is -0.465 e. The van der Waals surface area contributed by atoms with Crippen LogP contribution in [0.1, 0.15) is 23.1 Å². The van der Waals surface area contributed by atoms with Crippen LogP contribution >= 0.6 is 0 Å². The Morgan fingerprint density at radius 3 is 1.81 bits per heavy atom. The second-order valence-corrected chi connectivity index (χ2v) is 10.6. The normalized spacial score (nSPS) is 20.4. The fourth-order valence-electron chi connectivity index (χ4n) is 5.28. The summed E-state index contributed by atoms with van der Waals surface area (Å²) in [6.07, 6.45) is -1.00. The first-order chi connectivity index (χ1) is 20.8. The zero-order chi connectivity index (χ0) is 28.4. The van der Waals surface area contributed by atoms with Crippen LogP contribution in [-0.4, -0.2) is 31.2 Å². The minimum absolute atomic E-state index is 0.265. The topological polar surface area (TPSA) is 46.2 Å². The zero-order valence-electron chi connectivity index (χ0n) is 23.6. The highest BCUT2D eigenvalue weighted by Gasteiger charge is 2.41. The lowest BCUT2D eigenvalue weighted by atomic mass is 10.0. The van der Waals surface area contributed by atoms with E-state index in [2.05, 4.69) is 60.7 Å². The van der Waals surface area contributed by atoms with E-state index in [1.54, 1.807) is 0 Å². The lowest BCUT2D eigenvalue weighted by Crippen LogP contribution is -2.53. The Morgan fingerprint density at radius 1 is 0.571 bits per heavy atom. The molecule has 0 aromatic heterocycles. The molecule has 6 rings (SSSR count). The van der Waals surface area contributed by atoms with Gasteiger partial charge in [0, 0.05) is 6.42 Å². The molecule has 5 aromatic carbocycles. The van der Waals surface area contributed by atoms with Crippen molar-refractivity contribution in [2.24, 2.45) is 0 Å². The quantitative estimate of drug-likeness (QED) is 0.156. The molecule has 0 aliphatic carbocycles. The number of rotatable bonds is 12. The van der Waals surface area contributed by atoms with Crippen molar-refractivity contribution in [3.8, 4) is 5.75 Å². The molecule has 0 unspecified atom stereocenters. The molecule has 4 atom stereocenters. The first-order valence-electron chi connectivity index (χ1n) is 14.5. The summed E-state index contributed by atoms with van der Waals surface area (Å²) in [7, 11) is 0. The second kappa shape index (κ2) is 14.3. The lowest BCUT2D eigenvalue weighted by Gasteiger charge is -2.41. The van der Waals surface area contributed by atoms with E-state index in [-0.39, 0.29) is 12.2 Å². The van der Waals surface area contributed by atoms with Gasteiger partial charge in [-0.05, 0) is 39.6 Å². The molecule has 214 valence electrons. The molecule has 5 nitrogen and oxygen atoms in total. The van der Waals surface area contributed by atoms with Crippen molar-refractivity contribution in [1.29, 1.82) is 0 Å². The molecule has 0 N–H and O–H groups in total. The largest absolute Gasteiger partial charge is 0.465 e. The van der Waals surface area contributed by atoms with Crippen LogP contribution in [0.5, 0.6) is 5.75 Å². The summed E-state index contributed by atoms with van der Waals surface area (Å²) in [5.74, 6) is 0.758. The third-order valence-electron chi connectivity index (χ3n) is 7.46. The Bertz CT molecular complexity index is 1510. The van der Waals surface area contributed by atoms with E-state index in [0.29, 0.717) is 32.8 Å². The smallest absolute Gasteiger partial charge is 0.202 e. The number of hydrogen-bond donors (Lipinski definition) is 0. The van der Waals surface area contributed by atoms with Crippen molar-refractivity contribution in [1.82, 2.24) is 0 Å². The summed E-state index contributed by atoms with van der Waals surface area (Å²) in [6, 6.07) is 44.9. The molecule has 5 aromatic rings. The van der Waals surface area contributed by atoms with Gasteiger partial charge in [0.1, 0.15) is 18.0 Å². The van der Waals surface area contributed by atoms with Gasteiger partial charge in [-0.3, -0.25) is 0 Å². The number of fused-ring (bicyclic) bond motifs is 1. The van der Waals surface area contributed by atoms with Gasteiger partial charge in [0.05, 0.1) is 32.5 Å². The summed E-state index contributed by atoms with van der Waals surface area (Å²) < 4.78 is 32.3. The molecule has 0 amide bonds. The van der Waals surface area contributed by atoms with Gasteiger partial charge in [0.15, 0.2) is 0 Å². The molecular weight excluding hydrogens is 524 g/mol. The first-order valence-corrected chi connectivity index (χ1v) is 14.5. The van der Waals surface area contributed by atoms with Gasteiger partial charge in [-0.15, -0.1) is 0 Å². The predicted molar refractivity (Wildman–Crippen MR) is 164 cm³/mol. The van der Waals surface area contributed by atoms with Crippen molar-refractivity contribution in [2.75, 3.05) is 6.61 Å². The van der Waals surface area contributed by atoms with Crippen LogP contribution in [0.15, 0.2) is 133 Å². The third kappa shape index (κ3) is 7.64. The molecule has 0 bridgehead atoms. The Kier molecular flexibility index (Phi) is 9.55. The Hall–Kier alpha value is -4.00. The molecule has 1 saturated heterocycles. The van der Waals surface area contributed by atoms with E-state index in [0.717, 1.165) is 27.8 Å². The van der Waals surface area contributed by atoms with Crippen LogP contribution in [0.2, 0.25) is 0 Å². The fraction of sp³-hybridized carbons (Fsp3) is 0.243. The average Bonchev–Trinajstić information content (AvgIpc) is 3.05. The number of hydrogen-bond acceptors (Lipinski definition) is 5. The van der Waals surface area contributed by atoms with Crippen LogP contribution in [0.4, 0.5) is 0 Å². The maximum atomic E-state index is 6.57. The molecule has 0 radical (unpaired) electrons. The molecule has 1 heterocycles. The van der Waals surface area contributed by atoms with Gasteiger partial charge < -0.3 is 23.7 Å². The van der Waals surface area contributed by atoms with E-state index in [1.807, 2.05) is 72.8 Å². The van der Waals surface area contributed by atoms with E-state index >= 15 is 0 Å². The van der Waals surface area contributed by atoms with Crippen molar-refractivity contribution in [3.05, 3.63) is 150 Å². The van der Waals surface area contributed by atoms with Crippen molar-refractivity contribution in [2.45, 2.75) is 50.8 Å². The monoisotopic (exact) mass is 560 g/mol. The van der Waals surface area contributed by atoms with Crippen LogP contribution in [-0.2, 0) is 38.8 Å². The zero-order valence-corrected chi connectivity index (χ0v) is 23.6. The fourth-order valence-corrected chi connectivity index (χ4v) is 5.28. The summed E-state index contributed by atoms with van der Waals surface area (Å²) in [4.78, 5) is 0. The maximum absolute atomic E-state index is 6.57. The summed E-state index contributed by atoms with van der Waals surface area (Å²) in [5.41, 5.74) is 3.31. The van der Waals surface area contributed by atoms with Crippen molar-refractivity contribution >= 4 is 10.8 Å². The average molecular weight is 561 g/mol. The Morgan fingerprint density at radius 2 is 1.14 bits per heavy atom. The molecule has 1 aliphatic heterocycles. The summed E-state index contributed by atoms with van der Waals surface area (Å²) >= 11 is 0. The predicted octanol–water partition coefficient (Wildman–Crippen LogP) is 7.72. The molecule has 0 spiro atoms. The van der Waals surface area contributed by atoms with Gasteiger partial charge in [0.2, 0.25) is 6.29 Å². The van der Waals surface area contributed by atoms with Gasteiger partial charge in [-0.1, -0.05) is 121 Å². The SMILES string of the molecule is c1ccc(COC[C@H]2O[C@H](Oc3ccc4ccccc4c3)C[C@@H](OCc3ccccc3)[C@@H]2OCc2ccccc2)cc1. The molecule has 42 heavy (non-hydrogen) atoms. The van der Waals surface area contributed by atoms with E-state index in [9.17, 15) is 0 Å². The van der Waals surface area contributed by atoms with E-state index in [1.165, 1.54) is 5.39 Å².